The van der Waals surface area contributed by atoms with Gasteiger partial charge in [-0.15, -0.1) is 0 Å². The van der Waals surface area contributed by atoms with Crippen LogP contribution < -0.4 is 5.43 Å². The van der Waals surface area contributed by atoms with Crippen molar-refractivity contribution in [3.05, 3.63) is 42.1 Å². The molecule has 2 aliphatic rings. The molecule has 0 fully saturated rings. The molecule has 0 radical (unpaired) electrons. The number of guanidine groups is 1. The maximum Gasteiger partial charge on any atom is 0.241 e. The lowest BCUT2D eigenvalue weighted by Crippen LogP contribution is -2.33. The Bertz CT molecular complexity index is 518. The van der Waals surface area contributed by atoms with Crippen molar-refractivity contribution < 1.29 is 5.11 Å². The fourth-order valence-electron chi connectivity index (χ4n) is 1.67. The minimum absolute atomic E-state index is 0.228. The molecule has 2 heterocycles. The van der Waals surface area contributed by atoms with Crippen LogP contribution in [0.15, 0.2) is 46.5 Å². The molecule has 0 atom stereocenters. The van der Waals surface area contributed by atoms with Crippen LogP contribution in [0.25, 0.3) is 0 Å². The highest BCUT2D eigenvalue weighted by molar-refractivity contribution is 6.16. The predicted octanol–water partition coefficient (Wildman–Crippen LogP) is 0.842. The van der Waals surface area contributed by atoms with Crippen molar-refractivity contribution in [2.75, 3.05) is 6.67 Å². The number of nitrogens with one attached hydrogen (secondary N) is 1. The predicted molar refractivity (Wildman–Crippen MR) is 61.1 cm³/mol. The number of aromatic hydroxyl groups is 1. The fourth-order valence-corrected chi connectivity index (χ4v) is 1.67. The second-order valence-corrected chi connectivity index (χ2v) is 3.47. The molecule has 0 unspecified atom stereocenters. The molecule has 0 bridgehead atoms. The Labute approximate surface area is 92.4 Å². The van der Waals surface area contributed by atoms with Crippen LogP contribution in [0.3, 0.4) is 0 Å². The van der Waals surface area contributed by atoms with Crippen LogP contribution in [0, 0.1) is 0 Å². The highest BCUT2D eigenvalue weighted by Crippen LogP contribution is 2.19. The third-order valence-corrected chi connectivity index (χ3v) is 2.46. The zero-order valence-electron chi connectivity index (χ0n) is 8.46. The molecule has 2 N–H and O–H groups in total. The number of phenolic OH excluding ortho intramolecular Hbond substituents is 1. The zero-order valence-corrected chi connectivity index (χ0v) is 8.46. The maximum atomic E-state index is 9.72. The van der Waals surface area contributed by atoms with E-state index in [1.54, 1.807) is 17.1 Å². The third-order valence-electron chi connectivity index (χ3n) is 2.46. The highest BCUT2D eigenvalue weighted by atomic mass is 16.3. The average molecular weight is 214 g/mol. The summed E-state index contributed by atoms with van der Waals surface area (Å²) in [5.74, 6) is 0.853. The summed E-state index contributed by atoms with van der Waals surface area (Å²) in [5, 5.41) is 11.5. The van der Waals surface area contributed by atoms with E-state index < -0.39 is 0 Å². The molecular weight excluding hydrogens is 204 g/mol. The standard InChI is InChI=1S/C11H10N4O/c16-10-4-2-1-3-8(10)9-5-6-15-11(14-9)12-7-13-15/h1-6,13,16H,7H2. The summed E-state index contributed by atoms with van der Waals surface area (Å²) in [6.45, 7) is 0.539. The molecule has 5 nitrogen and oxygen atoms in total. The number of nitrogens with zero attached hydrogens (tertiary/aromatic N) is 3. The second-order valence-electron chi connectivity index (χ2n) is 3.47. The smallest absolute Gasteiger partial charge is 0.241 e. The lowest BCUT2D eigenvalue weighted by Gasteiger charge is -2.17. The van der Waals surface area contributed by atoms with Crippen molar-refractivity contribution in [3.63, 3.8) is 0 Å². The molecule has 0 saturated carbocycles. The minimum Gasteiger partial charge on any atom is -0.507 e. The first-order valence-corrected chi connectivity index (χ1v) is 4.97. The summed E-state index contributed by atoms with van der Waals surface area (Å²) in [6, 6.07) is 7.13. The first kappa shape index (κ1) is 9.11. The number of rotatable bonds is 1. The van der Waals surface area contributed by atoms with Gasteiger partial charge in [0.15, 0.2) is 0 Å². The van der Waals surface area contributed by atoms with Gasteiger partial charge < -0.3 is 5.11 Å². The lowest BCUT2D eigenvalue weighted by molar-refractivity contribution is 0.447. The van der Waals surface area contributed by atoms with Crippen molar-refractivity contribution in [1.29, 1.82) is 0 Å². The van der Waals surface area contributed by atoms with Gasteiger partial charge in [-0.2, -0.15) is 0 Å². The molecule has 5 heteroatoms. The molecule has 1 aromatic rings. The topological polar surface area (TPSA) is 60.2 Å². The normalized spacial score (nSPS) is 18.1. The van der Waals surface area contributed by atoms with E-state index in [1.165, 1.54) is 0 Å². The van der Waals surface area contributed by atoms with Crippen LogP contribution in [-0.2, 0) is 0 Å². The first-order chi connectivity index (χ1) is 7.84. The molecule has 16 heavy (non-hydrogen) atoms. The van der Waals surface area contributed by atoms with Crippen molar-refractivity contribution in [2.24, 2.45) is 9.98 Å². The first-order valence-electron chi connectivity index (χ1n) is 4.97. The van der Waals surface area contributed by atoms with Gasteiger partial charge in [-0.1, -0.05) is 12.1 Å². The zero-order chi connectivity index (χ0) is 11.0. The highest BCUT2D eigenvalue weighted by Gasteiger charge is 2.19. The van der Waals surface area contributed by atoms with Crippen molar-refractivity contribution in [2.45, 2.75) is 0 Å². The summed E-state index contributed by atoms with van der Waals surface area (Å²) < 4.78 is 0. The second kappa shape index (κ2) is 3.46. The van der Waals surface area contributed by atoms with Gasteiger partial charge in [0, 0.05) is 11.8 Å². The number of benzene rings is 1. The van der Waals surface area contributed by atoms with Gasteiger partial charge in [0.1, 0.15) is 12.4 Å². The monoisotopic (exact) mass is 214 g/mol. The van der Waals surface area contributed by atoms with Gasteiger partial charge in [0.05, 0.1) is 5.71 Å². The number of hydrogen-bond donors (Lipinski definition) is 2. The Morgan fingerprint density at radius 3 is 3.06 bits per heavy atom. The van der Waals surface area contributed by atoms with E-state index in [9.17, 15) is 5.11 Å². The lowest BCUT2D eigenvalue weighted by atomic mass is 10.1. The van der Waals surface area contributed by atoms with Crippen LogP contribution in [0.2, 0.25) is 0 Å². The van der Waals surface area contributed by atoms with Crippen molar-refractivity contribution in [3.8, 4) is 5.75 Å². The molecule has 0 saturated heterocycles. The number of phenols is 1. The van der Waals surface area contributed by atoms with Gasteiger partial charge >= 0.3 is 0 Å². The molecule has 3 rings (SSSR count). The Morgan fingerprint density at radius 2 is 2.19 bits per heavy atom. The van der Waals surface area contributed by atoms with Gasteiger partial charge in [-0.25, -0.2) is 20.4 Å². The number of fused-ring (bicyclic) bond motifs is 1. The number of para-hydroxylation sites is 1. The van der Waals surface area contributed by atoms with Crippen LogP contribution in [0.4, 0.5) is 0 Å². The van der Waals surface area contributed by atoms with Crippen LogP contribution >= 0.6 is 0 Å². The van der Waals surface area contributed by atoms with E-state index >= 15 is 0 Å². The van der Waals surface area contributed by atoms with E-state index in [1.807, 2.05) is 24.4 Å². The van der Waals surface area contributed by atoms with E-state index in [0.29, 0.717) is 18.2 Å². The van der Waals surface area contributed by atoms with Crippen LogP contribution in [0.1, 0.15) is 5.56 Å². The largest absolute Gasteiger partial charge is 0.507 e. The molecule has 1 aromatic carbocycles. The summed E-state index contributed by atoms with van der Waals surface area (Å²) in [7, 11) is 0. The van der Waals surface area contributed by atoms with E-state index in [-0.39, 0.29) is 5.75 Å². The maximum absolute atomic E-state index is 9.72. The number of aliphatic imine (C=N–C) groups is 2. The van der Waals surface area contributed by atoms with Gasteiger partial charge in [0.2, 0.25) is 5.96 Å². The number of allylic oxidation sites excluding steroid dienone is 1. The molecule has 0 aromatic heterocycles. The van der Waals surface area contributed by atoms with Crippen LogP contribution in [-0.4, -0.2) is 28.5 Å². The average Bonchev–Trinajstić information content (AvgIpc) is 2.76. The van der Waals surface area contributed by atoms with Crippen molar-refractivity contribution >= 4 is 11.7 Å². The quantitative estimate of drug-likeness (QED) is 0.728. The summed E-state index contributed by atoms with van der Waals surface area (Å²) >= 11 is 0. The summed E-state index contributed by atoms with van der Waals surface area (Å²) in [4.78, 5) is 8.53. The van der Waals surface area contributed by atoms with Crippen molar-refractivity contribution in [1.82, 2.24) is 10.4 Å². The number of hydrazine groups is 1. The number of hydrogen-bond acceptors (Lipinski definition) is 5. The fraction of sp³-hybridized carbons (Fsp3) is 0.0909. The molecule has 0 aliphatic carbocycles. The van der Waals surface area contributed by atoms with Gasteiger partial charge in [0.25, 0.3) is 0 Å². The Kier molecular flexibility index (Phi) is 1.97. The van der Waals surface area contributed by atoms with E-state index in [0.717, 1.165) is 5.71 Å². The van der Waals surface area contributed by atoms with Gasteiger partial charge in [-0.3, -0.25) is 0 Å². The van der Waals surface area contributed by atoms with E-state index in [2.05, 4.69) is 15.4 Å². The summed E-state index contributed by atoms with van der Waals surface area (Å²) in [6.07, 6.45) is 3.69. The Hall–Kier alpha value is -2.14. The SMILES string of the molecule is Oc1ccccc1C1=NC2=NCNN2C=C1. The van der Waals surface area contributed by atoms with Crippen LogP contribution in [0.5, 0.6) is 5.75 Å². The van der Waals surface area contributed by atoms with E-state index in [4.69, 9.17) is 0 Å². The molecule has 0 amide bonds. The Morgan fingerprint density at radius 1 is 1.31 bits per heavy atom. The van der Waals surface area contributed by atoms with Gasteiger partial charge in [-0.05, 0) is 18.2 Å². The molecular formula is C11H10N4O. The summed E-state index contributed by atoms with van der Waals surface area (Å²) in [5.41, 5.74) is 4.45. The molecule has 0 spiro atoms. The molecule has 80 valence electrons. The third kappa shape index (κ3) is 1.38. The Balaban J connectivity index is 2.03. The minimum atomic E-state index is 0.228. The molecule has 2 aliphatic heterocycles.